The topological polar surface area (TPSA) is 67.1 Å². The summed E-state index contributed by atoms with van der Waals surface area (Å²) in [6, 6.07) is 10.1. The van der Waals surface area contributed by atoms with Crippen molar-refractivity contribution in [3.05, 3.63) is 41.1 Å². The largest absolute Gasteiger partial charge is 0.355 e. The van der Waals surface area contributed by atoms with E-state index < -0.39 is 0 Å². The van der Waals surface area contributed by atoms with Crippen molar-refractivity contribution < 1.29 is 0 Å². The maximum Gasteiger partial charge on any atom is 0.135 e. The highest BCUT2D eigenvalue weighted by Crippen LogP contribution is 2.26. The lowest BCUT2D eigenvalue weighted by Gasteiger charge is -2.17. The Morgan fingerprint density at radius 3 is 2.90 bits per heavy atom. The molecular formula is C14H16BrN5. The van der Waals surface area contributed by atoms with Gasteiger partial charge in [-0.15, -0.1) is 0 Å². The van der Waals surface area contributed by atoms with Gasteiger partial charge in [0, 0.05) is 29.7 Å². The van der Waals surface area contributed by atoms with Crippen molar-refractivity contribution in [2.75, 3.05) is 23.3 Å². The van der Waals surface area contributed by atoms with E-state index in [0.29, 0.717) is 0 Å². The molecule has 1 fully saturated rings. The first-order valence-electron chi connectivity index (χ1n) is 6.56. The third-order valence-electron chi connectivity index (χ3n) is 3.34. The zero-order chi connectivity index (χ0) is 13.9. The van der Waals surface area contributed by atoms with Gasteiger partial charge in [0.1, 0.15) is 18.0 Å². The number of hydrogen-bond acceptors (Lipinski definition) is 5. The Bertz CT molecular complexity index is 604. The van der Waals surface area contributed by atoms with Crippen LogP contribution in [0.3, 0.4) is 0 Å². The molecule has 0 aliphatic carbocycles. The summed E-state index contributed by atoms with van der Waals surface area (Å²) in [5.41, 5.74) is 6.92. The molecule has 1 aliphatic rings. The van der Waals surface area contributed by atoms with Crippen molar-refractivity contribution in [2.45, 2.75) is 12.5 Å². The van der Waals surface area contributed by atoms with Gasteiger partial charge >= 0.3 is 0 Å². The molecule has 1 saturated heterocycles. The van der Waals surface area contributed by atoms with Crippen LogP contribution in [0.15, 0.2) is 41.1 Å². The highest BCUT2D eigenvalue weighted by atomic mass is 79.9. The minimum atomic E-state index is 0.240. The molecular weight excluding hydrogens is 318 g/mol. The highest BCUT2D eigenvalue weighted by Gasteiger charge is 2.20. The normalized spacial score (nSPS) is 18.3. The summed E-state index contributed by atoms with van der Waals surface area (Å²) in [6.45, 7) is 1.80. The summed E-state index contributed by atoms with van der Waals surface area (Å²) in [4.78, 5) is 10.8. The van der Waals surface area contributed by atoms with Gasteiger partial charge in [-0.25, -0.2) is 9.97 Å². The lowest BCUT2D eigenvalue weighted by Crippen LogP contribution is -2.26. The van der Waals surface area contributed by atoms with Crippen molar-refractivity contribution in [1.29, 1.82) is 0 Å². The van der Waals surface area contributed by atoms with Gasteiger partial charge in [0.2, 0.25) is 0 Å². The molecule has 3 rings (SSSR count). The lowest BCUT2D eigenvalue weighted by molar-refractivity contribution is 0.751. The van der Waals surface area contributed by atoms with Gasteiger partial charge in [-0.05, 0) is 34.5 Å². The van der Waals surface area contributed by atoms with E-state index in [4.69, 9.17) is 5.73 Å². The molecule has 5 nitrogen and oxygen atoms in total. The molecule has 0 bridgehead atoms. The van der Waals surface area contributed by atoms with Crippen molar-refractivity contribution in [3.8, 4) is 0 Å². The molecule has 6 heteroatoms. The Hall–Kier alpha value is -1.66. The van der Waals surface area contributed by atoms with Crippen LogP contribution in [0.2, 0.25) is 0 Å². The number of benzene rings is 1. The van der Waals surface area contributed by atoms with Crippen LogP contribution in [0.4, 0.5) is 17.3 Å². The van der Waals surface area contributed by atoms with Gasteiger partial charge in [-0.2, -0.15) is 0 Å². The quantitative estimate of drug-likeness (QED) is 0.903. The van der Waals surface area contributed by atoms with Crippen molar-refractivity contribution in [2.24, 2.45) is 5.73 Å². The molecule has 2 aromatic rings. The van der Waals surface area contributed by atoms with E-state index in [2.05, 4.69) is 36.1 Å². The molecule has 1 aromatic carbocycles. The maximum atomic E-state index is 5.94. The number of para-hydroxylation sites is 1. The standard InChI is InChI=1S/C14H16BrN5/c15-11-3-1-2-4-12(11)19-13-7-14(18-9-17-13)20-6-5-10(16)8-20/h1-4,7,9-10H,5-6,8,16H2,(H,17,18,19). The van der Waals surface area contributed by atoms with Crippen molar-refractivity contribution in [1.82, 2.24) is 9.97 Å². The van der Waals surface area contributed by atoms with Crippen LogP contribution >= 0.6 is 15.9 Å². The lowest BCUT2D eigenvalue weighted by atomic mass is 10.3. The number of hydrogen-bond donors (Lipinski definition) is 2. The molecule has 0 spiro atoms. The van der Waals surface area contributed by atoms with Gasteiger partial charge in [-0.1, -0.05) is 12.1 Å². The Morgan fingerprint density at radius 2 is 2.15 bits per heavy atom. The minimum Gasteiger partial charge on any atom is -0.355 e. The van der Waals surface area contributed by atoms with Gasteiger partial charge in [0.25, 0.3) is 0 Å². The fourth-order valence-corrected chi connectivity index (χ4v) is 2.67. The predicted molar refractivity (Wildman–Crippen MR) is 84.3 cm³/mol. The fraction of sp³-hybridized carbons (Fsp3) is 0.286. The number of rotatable bonds is 3. The maximum absolute atomic E-state index is 5.94. The van der Waals surface area contributed by atoms with Crippen LogP contribution in [-0.2, 0) is 0 Å². The first kappa shape index (κ1) is 13.3. The second-order valence-electron chi connectivity index (χ2n) is 4.86. The summed E-state index contributed by atoms with van der Waals surface area (Å²) in [6.07, 6.45) is 2.59. The number of aromatic nitrogens is 2. The molecule has 1 unspecified atom stereocenters. The number of nitrogens with two attached hydrogens (primary N) is 1. The third-order valence-corrected chi connectivity index (χ3v) is 4.03. The summed E-state index contributed by atoms with van der Waals surface area (Å²) < 4.78 is 1.00. The van der Waals surface area contributed by atoms with E-state index in [1.54, 1.807) is 6.33 Å². The molecule has 104 valence electrons. The van der Waals surface area contributed by atoms with E-state index in [0.717, 1.165) is 41.3 Å². The van der Waals surface area contributed by atoms with Gasteiger partial charge in [-0.3, -0.25) is 0 Å². The van der Waals surface area contributed by atoms with Crippen molar-refractivity contribution >= 4 is 33.3 Å². The van der Waals surface area contributed by atoms with Crippen LogP contribution < -0.4 is 16.0 Å². The van der Waals surface area contributed by atoms with E-state index >= 15 is 0 Å². The average molecular weight is 334 g/mol. The van der Waals surface area contributed by atoms with Crippen molar-refractivity contribution in [3.63, 3.8) is 0 Å². The molecule has 1 atom stereocenters. The molecule has 0 amide bonds. The van der Waals surface area contributed by atoms with Crippen LogP contribution in [-0.4, -0.2) is 29.1 Å². The second kappa shape index (κ2) is 5.76. The fourth-order valence-electron chi connectivity index (χ4n) is 2.28. The first-order chi connectivity index (χ1) is 9.72. The van der Waals surface area contributed by atoms with Crippen LogP contribution in [0.1, 0.15) is 6.42 Å². The molecule has 20 heavy (non-hydrogen) atoms. The molecule has 2 heterocycles. The zero-order valence-corrected chi connectivity index (χ0v) is 12.5. The third kappa shape index (κ3) is 2.91. The molecule has 1 aromatic heterocycles. The van der Waals surface area contributed by atoms with E-state index in [-0.39, 0.29) is 6.04 Å². The number of halogens is 1. The van der Waals surface area contributed by atoms with Crippen LogP contribution in [0.5, 0.6) is 0 Å². The Labute approximate surface area is 126 Å². The second-order valence-corrected chi connectivity index (χ2v) is 5.72. The van der Waals surface area contributed by atoms with Crippen LogP contribution in [0, 0.1) is 0 Å². The summed E-state index contributed by atoms with van der Waals surface area (Å²) in [5.74, 6) is 1.70. The van der Waals surface area contributed by atoms with Gasteiger partial charge < -0.3 is 16.0 Å². The van der Waals surface area contributed by atoms with Gasteiger partial charge in [0.05, 0.1) is 5.69 Å². The van der Waals surface area contributed by atoms with E-state index in [1.807, 2.05) is 30.3 Å². The Morgan fingerprint density at radius 1 is 1.30 bits per heavy atom. The highest BCUT2D eigenvalue weighted by molar-refractivity contribution is 9.10. The zero-order valence-electron chi connectivity index (χ0n) is 11.0. The monoisotopic (exact) mass is 333 g/mol. The van der Waals surface area contributed by atoms with Crippen LogP contribution in [0.25, 0.3) is 0 Å². The molecule has 3 N–H and O–H groups in total. The number of nitrogens with zero attached hydrogens (tertiary/aromatic N) is 3. The number of nitrogens with one attached hydrogen (secondary N) is 1. The van der Waals surface area contributed by atoms with E-state index in [1.165, 1.54) is 0 Å². The molecule has 0 saturated carbocycles. The predicted octanol–water partition coefficient (Wildman–Crippen LogP) is 2.52. The Kier molecular flexibility index (Phi) is 3.84. The van der Waals surface area contributed by atoms with E-state index in [9.17, 15) is 0 Å². The first-order valence-corrected chi connectivity index (χ1v) is 7.36. The number of anilines is 3. The summed E-state index contributed by atoms with van der Waals surface area (Å²) >= 11 is 3.51. The summed E-state index contributed by atoms with van der Waals surface area (Å²) in [5, 5.41) is 3.29. The molecule has 0 radical (unpaired) electrons. The smallest absolute Gasteiger partial charge is 0.135 e. The minimum absolute atomic E-state index is 0.240. The SMILES string of the molecule is NC1CCN(c2cc(Nc3ccccc3Br)ncn2)C1. The van der Waals surface area contributed by atoms with Gasteiger partial charge in [0.15, 0.2) is 0 Å². The Balaban J connectivity index is 1.79. The average Bonchev–Trinajstić information content (AvgIpc) is 2.89. The molecule has 1 aliphatic heterocycles. The summed E-state index contributed by atoms with van der Waals surface area (Å²) in [7, 11) is 0.